The van der Waals surface area contributed by atoms with Gasteiger partial charge in [-0.05, 0) is 61.2 Å². The van der Waals surface area contributed by atoms with Gasteiger partial charge in [0.1, 0.15) is 11.8 Å². The lowest BCUT2D eigenvalue weighted by molar-refractivity contribution is -0.136. The van der Waals surface area contributed by atoms with Gasteiger partial charge in [0.25, 0.3) is 11.8 Å². The SMILES string of the molecule is COc1cc(C(=O)N2CCC(N3CCN(c4ccc5c(c4)CN(C4CCC(=O)NC4=O)C5=O)CC3)CC2)ccc1N. The summed E-state index contributed by atoms with van der Waals surface area (Å²) in [5.74, 6) is -0.288. The fraction of sp³-hybridized carbons (Fsp3) is 0.467. The van der Waals surface area contributed by atoms with Gasteiger partial charge < -0.3 is 25.2 Å². The first-order chi connectivity index (χ1) is 19.8. The molecule has 11 nitrogen and oxygen atoms in total. The van der Waals surface area contributed by atoms with E-state index in [9.17, 15) is 19.2 Å². The standard InChI is InChI=1S/C30H36N6O5/c1-41-26-17-19(2-5-24(26)31)29(39)35-10-8-21(9-11-35)33-12-14-34(15-13-33)22-3-4-23-20(16-22)18-36(30(23)40)25-6-7-27(37)32-28(25)38/h2-5,16-17,21,25H,6-15,18,31H2,1H3,(H,32,37,38). The van der Waals surface area contributed by atoms with E-state index in [-0.39, 0.29) is 30.0 Å². The Morgan fingerprint density at radius 2 is 1.71 bits per heavy atom. The number of likely N-dealkylation sites (tertiary alicyclic amines) is 1. The minimum absolute atomic E-state index is 0.0119. The summed E-state index contributed by atoms with van der Waals surface area (Å²) in [7, 11) is 1.55. The predicted molar refractivity (Wildman–Crippen MR) is 153 cm³/mol. The molecule has 0 bridgehead atoms. The normalized spacial score (nSPS) is 22.1. The molecule has 1 atom stereocenters. The number of nitrogens with zero attached hydrogens (tertiary/aromatic N) is 4. The van der Waals surface area contributed by atoms with E-state index in [2.05, 4.69) is 21.2 Å². The second-order valence-electron chi connectivity index (χ2n) is 11.2. The van der Waals surface area contributed by atoms with Gasteiger partial charge in [-0.15, -0.1) is 0 Å². The van der Waals surface area contributed by atoms with E-state index in [0.717, 1.165) is 63.4 Å². The van der Waals surface area contributed by atoms with Crippen molar-refractivity contribution >= 4 is 35.0 Å². The number of ether oxygens (including phenoxy) is 1. The molecule has 4 amide bonds. The number of rotatable bonds is 5. The zero-order valence-corrected chi connectivity index (χ0v) is 23.3. The third kappa shape index (κ3) is 5.21. The molecule has 3 fully saturated rings. The van der Waals surface area contributed by atoms with Gasteiger partial charge >= 0.3 is 0 Å². The Labute approximate surface area is 239 Å². The van der Waals surface area contributed by atoms with E-state index in [1.165, 1.54) is 0 Å². The molecular weight excluding hydrogens is 524 g/mol. The van der Waals surface area contributed by atoms with Crippen molar-refractivity contribution < 1.29 is 23.9 Å². The maximum atomic E-state index is 13.1. The van der Waals surface area contributed by atoms with Crippen molar-refractivity contribution in [2.75, 3.05) is 57.0 Å². The zero-order valence-electron chi connectivity index (χ0n) is 23.3. The lowest BCUT2D eigenvalue weighted by Crippen LogP contribution is -2.53. The van der Waals surface area contributed by atoms with Crippen LogP contribution in [0.15, 0.2) is 36.4 Å². The molecule has 3 N–H and O–H groups in total. The number of carbonyl (C=O) groups is 4. The van der Waals surface area contributed by atoms with E-state index in [1.807, 2.05) is 17.0 Å². The molecule has 0 aliphatic carbocycles. The highest BCUT2D eigenvalue weighted by Gasteiger charge is 2.39. The van der Waals surface area contributed by atoms with Crippen LogP contribution in [0.5, 0.6) is 5.75 Å². The minimum atomic E-state index is -0.601. The highest BCUT2D eigenvalue weighted by Crippen LogP contribution is 2.31. The fourth-order valence-corrected chi connectivity index (χ4v) is 6.56. The number of nitrogens with two attached hydrogens (primary N) is 1. The van der Waals surface area contributed by atoms with Gasteiger partial charge in [0.2, 0.25) is 11.8 Å². The number of benzene rings is 2. The van der Waals surface area contributed by atoms with Crippen molar-refractivity contribution in [2.45, 2.75) is 44.3 Å². The van der Waals surface area contributed by atoms with Gasteiger partial charge in [-0.3, -0.25) is 29.4 Å². The van der Waals surface area contributed by atoms with Crippen LogP contribution in [0.1, 0.15) is 52.0 Å². The Morgan fingerprint density at radius 3 is 2.41 bits per heavy atom. The van der Waals surface area contributed by atoms with E-state index in [4.69, 9.17) is 10.5 Å². The van der Waals surface area contributed by atoms with Crippen LogP contribution in [0, 0.1) is 0 Å². The van der Waals surface area contributed by atoms with Crippen LogP contribution in [0.2, 0.25) is 0 Å². The van der Waals surface area contributed by atoms with E-state index in [1.54, 1.807) is 30.2 Å². The fourth-order valence-electron chi connectivity index (χ4n) is 6.56. The van der Waals surface area contributed by atoms with E-state index in [0.29, 0.717) is 41.6 Å². The first kappa shape index (κ1) is 27.1. The molecule has 4 aliphatic rings. The summed E-state index contributed by atoms with van der Waals surface area (Å²) in [6.45, 7) is 5.47. The monoisotopic (exact) mass is 560 g/mol. The number of amides is 4. The van der Waals surface area contributed by atoms with Gasteiger partial charge in [0.15, 0.2) is 0 Å². The van der Waals surface area contributed by atoms with Crippen LogP contribution >= 0.6 is 0 Å². The Morgan fingerprint density at radius 1 is 0.951 bits per heavy atom. The van der Waals surface area contributed by atoms with Gasteiger partial charge in [0, 0.05) is 75.1 Å². The highest BCUT2D eigenvalue weighted by atomic mass is 16.5. The second-order valence-corrected chi connectivity index (χ2v) is 11.2. The second kappa shape index (κ2) is 11.0. The summed E-state index contributed by atoms with van der Waals surface area (Å²) in [4.78, 5) is 58.4. The van der Waals surface area contributed by atoms with E-state index < -0.39 is 6.04 Å². The molecule has 0 saturated carbocycles. The molecule has 1 unspecified atom stereocenters. The summed E-state index contributed by atoms with van der Waals surface area (Å²) in [6, 6.07) is 11.0. The lowest BCUT2D eigenvalue weighted by atomic mass is 10.0. The van der Waals surface area contributed by atoms with Crippen molar-refractivity contribution in [3.63, 3.8) is 0 Å². The average Bonchev–Trinajstić information content (AvgIpc) is 3.32. The van der Waals surface area contributed by atoms with Crippen molar-refractivity contribution in [3.8, 4) is 5.75 Å². The maximum Gasteiger partial charge on any atom is 0.255 e. The van der Waals surface area contributed by atoms with Crippen molar-refractivity contribution in [2.24, 2.45) is 0 Å². The van der Waals surface area contributed by atoms with Gasteiger partial charge in [-0.25, -0.2) is 0 Å². The third-order valence-corrected chi connectivity index (χ3v) is 8.94. The van der Waals surface area contributed by atoms with Crippen LogP contribution < -0.4 is 20.7 Å². The van der Waals surface area contributed by atoms with Crippen molar-refractivity contribution in [3.05, 3.63) is 53.1 Å². The topological polar surface area (TPSA) is 129 Å². The Bertz CT molecular complexity index is 1380. The largest absolute Gasteiger partial charge is 0.495 e. The van der Waals surface area contributed by atoms with Crippen LogP contribution in [0.3, 0.4) is 0 Å². The quantitative estimate of drug-likeness (QED) is 0.416. The molecule has 2 aromatic rings. The first-order valence-corrected chi connectivity index (χ1v) is 14.3. The van der Waals surface area contributed by atoms with Crippen LogP contribution in [-0.2, 0) is 16.1 Å². The number of anilines is 2. The number of fused-ring (bicyclic) bond motifs is 1. The smallest absolute Gasteiger partial charge is 0.255 e. The molecule has 0 spiro atoms. The molecule has 11 heteroatoms. The number of piperidine rings is 2. The first-order valence-electron chi connectivity index (χ1n) is 14.3. The average molecular weight is 561 g/mol. The number of imide groups is 1. The summed E-state index contributed by atoms with van der Waals surface area (Å²) in [6.07, 6.45) is 2.49. The van der Waals surface area contributed by atoms with Crippen LogP contribution in [0.4, 0.5) is 11.4 Å². The van der Waals surface area contributed by atoms with E-state index >= 15 is 0 Å². The Balaban J connectivity index is 1.02. The van der Waals surface area contributed by atoms with Gasteiger partial charge in [-0.2, -0.15) is 0 Å². The van der Waals surface area contributed by atoms with Crippen molar-refractivity contribution in [1.29, 1.82) is 0 Å². The molecule has 2 aromatic carbocycles. The molecule has 3 saturated heterocycles. The Hall–Kier alpha value is -4.12. The predicted octanol–water partition coefficient (Wildman–Crippen LogP) is 1.47. The number of nitrogen functional groups attached to an aromatic ring is 1. The van der Waals surface area contributed by atoms with Gasteiger partial charge in [0.05, 0.1) is 12.8 Å². The van der Waals surface area contributed by atoms with Crippen molar-refractivity contribution in [1.82, 2.24) is 20.0 Å². The number of methoxy groups -OCH3 is 1. The molecule has 0 radical (unpaired) electrons. The summed E-state index contributed by atoms with van der Waals surface area (Å²) in [5, 5.41) is 2.36. The molecule has 4 aliphatic heterocycles. The number of piperazine rings is 1. The molecule has 0 aromatic heterocycles. The Kier molecular flexibility index (Phi) is 7.29. The number of nitrogens with one attached hydrogen (secondary N) is 1. The lowest BCUT2D eigenvalue weighted by Gasteiger charge is -2.43. The maximum absolute atomic E-state index is 13.1. The van der Waals surface area contributed by atoms with Gasteiger partial charge in [-0.1, -0.05) is 0 Å². The third-order valence-electron chi connectivity index (χ3n) is 8.94. The number of hydrogen-bond donors (Lipinski definition) is 2. The molecule has 6 rings (SSSR count). The number of carbonyl (C=O) groups excluding carboxylic acids is 4. The molecule has 41 heavy (non-hydrogen) atoms. The summed E-state index contributed by atoms with van der Waals surface area (Å²) >= 11 is 0. The zero-order chi connectivity index (χ0) is 28.7. The molecule has 4 heterocycles. The highest BCUT2D eigenvalue weighted by molar-refractivity contribution is 6.05. The molecule has 216 valence electrons. The summed E-state index contributed by atoms with van der Waals surface area (Å²) in [5.41, 5.74) is 9.66. The minimum Gasteiger partial charge on any atom is -0.495 e. The number of hydrogen-bond acceptors (Lipinski definition) is 8. The van der Waals surface area contributed by atoms with Crippen LogP contribution in [0.25, 0.3) is 0 Å². The summed E-state index contributed by atoms with van der Waals surface area (Å²) < 4.78 is 5.28. The van der Waals surface area contributed by atoms with Crippen LogP contribution in [-0.4, -0.2) is 96.8 Å². The molecular formula is C30H36N6O5.